The molecule has 1 aromatic carbocycles. The van der Waals surface area contributed by atoms with Crippen LogP contribution in [0.3, 0.4) is 0 Å². The van der Waals surface area contributed by atoms with E-state index in [1.807, 2.05) is 0 Å². The van der Waals surface area contributed by atoms with Crippen molar-refractivity contribution in [2.45, 2.75) is 11.5 Å². The van der Waals surface area contributed by atoms with Crippen LogP contribution in [0.1, 0.15) is 5.82 Å². The summed E-state index contributed by atoms with van der Waals surface area (Å²) in [5.41, 5.74) is 0.150. The number of aliphatic hydroxyl groups is 1. The minimum atomic E-state index is -3.37. The number of H-pyrrole nitrogens is 1. The molecule has 104 valence electrons. The highest BCUT2D eigenvalue weighted by Crippen LogP contribution is 2.19. The van der Waals surface area contributed by atoms with Crippen molar-refractivity contribution in [2.75, 3.05) is 6.26 Å². The topological polar surface area (TPSA) is 117 Å². The van der Waals surface area contributed by atoms with Crippen LogP contribution in [0.25, 0.3) is 16.6 Å². The van der Waals surface area contributed by atoms with E-state index in [9.17, 15) is 13.2 Å². The first-order valence-electron chi connectivity index (χ1n) is 5.63. The minimum Gasteiger partial charge on any atom is -0.388 e. The molecule has 2 N–H and O–H groups in total. The molecule has 0 saturated carbocycles. The summed E-state index contributed by atoms with van der Waals surface area (Å²) in [6.07, 6.45) is 1.10. The predicted molar refractivity (Wildman–Crippen MR) is 70.1 cm³/mol. The predicted octanol–water partition coefficient (Wildman–Crippen LogP) is -0.533. The normalized spacial score (nSPS) is 12.3. The second-order valence-electron chi connectivity index (χ2n) is 4.33. The summed E-state index contributed by atoms with van der Waals surface area (Å²) in [5, 5.41) is 13.3. The maximum atomic E-state index is 11.8. The summed E-state index contributed by atoms with van der Waals surface area (Å²) >= 11 is 0. The van der Waals surface area contributed by atoms with Gasteiger partial charge in [0.05, 0.1) is 10.4 Å². The molecular weight excluding hydrogens is 284 g/mol. The lowest BCUT2D eigenvalue weighted by molar-refractivity contribution is 0.271. The lowest BCUT2D eigenvalue weighted by Gasteiger charge is -2.02. The van der Waals surface area contributed by atoms with Gasteiger partial charge in [0.1, 0.15) is 6.61 Å². The molecule has 3 rings (SSSR count). The van der Waals surface area contributed by atoms with Gasteiger partial charge in [-0.15, -0.1) is 5.10 Å². The van der Waals surface area contributed by atoms with Crippen LogP contribution >= 0.6 is 0 Å². The number of aromatic nitrogens is 4. The zero-order chi connectivity index (χ0) is 14.5. The molecule has 0 atom stereocenters. The van der Waals surface area contributed by atoms with Gasteiger partial charge >= 0.3 is 5.69 Å². The third-order valence-corrected chi connectivity index (χ3v) is 4.00. The number of benzene rings is 1. The van der Waals surface area contributed by atoms with Gasteiger partial charge in [-0.25, -0.2) is 18.2 Å². The Kier molecular flexibility index (Phi) is 2.63. The van der Waals surface area contributed by atoms with Crippen LogP contribution in [0.5, 0.6) is 0 Å². The van der Waals surface area contributed by atoms with Crippen LogP contribution in [0.2, 0.25) is 0 Å². The molecule has 0 fully saturated rings. The Bertz CT molecular complexity index is 987. The molecule has 2 heterocycles. The monoisotopic (exact) mass is 294 g/mol. The van der Waals surface area contributed by atoms with Gasteiger partial charge < -0.3 is 10.1 Å². The maximum Gasteiger partial charge on any atom is 0.348 e. The minimum absolute atomic E-state index is 0.0905. The van der Waals surface area contributed by atoms with E-state index >= 15 is 0 Å². The first-order valence-corrected chi connectivity index (χ1v) is 7.52. The van der Waals surface area contributed by atoms with E-state index in [1.165, 1.54) is 18.2 Å². The van der Waals surface area contributed by atoms with Crippen molar-refractivity contribution >= 4 is 26.4 Å². The molecule has 0 amide bonds. The molecule has 9 heteroatoms. The van der Waals surface area contributed by atoms with E-state index in [1.54, 1.807) is 0 Å². The lowest BCUT2D eigenvalue weighted by atomic mass is 10.2. The summed E-state index contributed by atoms with van der Waals surface area (Å²) in [7, 11) is -3.37. The number of fused-ring (bicyclic) bond motifs is 3. The number of aromatic amines is 1. The van der Waals surface area contributed by atoms with Gasteiger partial charge in [0.25, 0.3) is 0 Å². The number of hydrogen-bond acceptors (Lipinski definition) is 6. The zero-order valence-corrected chi connectivity index (χ0v) is 11.2. The Labute approximate surface area is 112 Å². The maximum absolute atomic E-state index is 11.8. The Morgan fingerprint density at radius 1 is 1.40 bits per heavy atom. The second-order valence-corrected chi connectivity index (χ2v) is 6.35. The second kappa shape index (κ2) is 4.12. The molecule has 2 aromatic heterocycles. The van der Waals surface area contributed by atoms with Gasteiger partial charge in [-0.1, -0.05) is 0 Å². The van der Waals surface area contributed by atoms with Crippen LogP contribution in [0.4, 0.5) is 0 Å². The molecule has 8 nitrogen and oxygen atoms in total. The summed E-state index contributed by atoms with van der Waals surface area (Å²) < 4.78 is 24.2. The van der Waals surface area contributed by atoms with Crippen molar-refractivity contribution in [3.63, 3.8) is 0 Å². The third kappa shape index (κ3) is 1.87. The van der Waals surface area contributed by atoms with Crippen LogP contribution in [0.15, 0.2) is 27.9 Å². The molecule has 20 heavy (non-hydrogen) atoms. The molecule has 0 saturated heterocycles. The number of aliphatic hydroxyl groups excluding tert-OH is 1. The largest absolute Gasteiger partial charge is 0.388 e. The summed E-state index contributed by atoms with van der Waals surface area (Å²) in [4.78, 5) is 18.5. The highest BCUT2D eigenvalue weighted by molar-refractivity contribution is 7.90. The standard InChI is InChI=1S/C11H10N4O4S/c1-20(18,19)6-2-3-8-7(4-6)10-13-9(5-16)14-15(10)11(17)12-8/h2-4,16H,5H2,1H3,(H,12,17). The summed E-state index contributed by atoms with van der Waals surface area (Å²) in [6.45, 7) is -0.408. The fourth-order valence-electron chi connectivity index (χ4n) is 1.95. The molecule has 0 bridgehead atoms. The third-order valence-electron chi connectivity index (χ3n) is 2.89. The van der Waals surface area contributed by atoms with Crippen molar-refractivity contribution in [3.8, 4) is 0 Å². The smallest absolute Gasteiger partial charge is 0.348 e. The highest BCUT2D eigenvalue weighted by atomic mass is 32.2. The average Bonchev–Trinajstić information content (AvgIpc) is 2.82. The molecule has 0 unspecified atom stereocenters. The average molecular weight is 294 g/mol. The van der Waals surface area contributed by atoms with Gasteiger partial charge in [0, 0.05) is 11.6 Å². The summed E-state index contributed by atoms with van der Waals surface area (Å²) in [6, 6.07) is 4.33. The molecule has 0 radical (unpaired) electrons. The molecule has 0 aliphatic carbocycles. The van der Waals surface area contributed by atoms with Crippen molar-refractivity contribution < 1.29 is 13.5 Å². The lowest BCUT2D eigenvalue weighted by Crippen LogP contribution is -2.17. The molecule has 0 aliphatic rings. The van der Waals surface area contributed by atoms with E-state index in [0.29, 0.717) is 10.9 Å². The van der Waals surface area contributed by atoms with Crippen molar-refractivity contribution in [2.24, 2.45) is 0 Å². The van der Waals surface area contributed by atoms with Crippen LogP contribution in [-0.4, -0.2) is 39.4 Å². The molecular formula is C11H10N4O4S. The van der Waals surface area contributed by atoms with Gasteiger partial charge in [-0.2, -0.15) is 4.52 Å². The van der Waals surface area contributed by atoms with Crippen LogP contribution < -0.4 is 5.69 Å². The quantitative estimate of drug-likeness (QED) is 0.656. The molecule has 0 aliphatic heterocycles. The summed E-state index contributed by atoms with van der Waals surface area (Å²) in [5.74, 6) is 0.0905. The number of nitrogens with one attached hydrogen (secondary N) is 1. The van der Waals surface area contributed by atoms with Crippen molar-refractivity contribution in [1.82, 2.24) is 19.6 Å². The van der Waals surface area contributed by atoms with Crippen molar-refractivity contribution in [1.29, 1.82) is 0 Å². The Morgan fingerprint density at radius 2 is 2.15 bits per heavy atom. The number of nitrogens with zero attached hydrogens (tertiary/aromatic N) is 3. The molecule has 3 aromatic rings. The first kappa shape index (κ1) is 12.8. The van der Waals surface area contributed by atoms with E-state index in [2.05, 4.69) is 15.1 Å². The fraction of sp³-hybridized carbons (Fsp3) is 0.182. The van der Waals surface area contributed by atoms with Gasteiger partial charge in [0.2, 0.25) is 0 Å². The van der Waals surface area contributed by atoms with E-state index in [0.717, 1.165) is 10.8 Å². The number of hydrogen-bond donors (Lipinski definition) is 2. The van der Waals surface area contributed by atoms with Crippen LogP contribution in [-0.2, 0) is 16.4 Å². The highest BCUT2D eigenvalue weighted by Gasteiger charge is 2.13. The Hall–Kier alpha value is -2.26. The van der Waals surface area contributed by atoms with E-state index in [-0.39, 0.29) is 16.4 Å². The zero-order valence-electron chi connectivity index (χ0n) is 10.4. The van der Waals surface area contributed by atoms with E-state index < -0.39 is 22.1 Å². The van der Waals surface area contributed by atoms with Crippen LogP contribution in [0, 0.1) is 0 Å². The molecule has 0 spiro atoms. The van der Waals surface area contributed by atoms with Crippen molar-refractivity contribution in [3.05, 3.63) is 34.5 Å². The number of sulfone groups is 1. The first-order chi connectivity index (χ1) is 9.40. The van der Waals surface area contributed by atoms with Gasteiger partial charge in [-0.05, 0) is 18.2 Å². The Morgan fingerprint density at radius 3 is 2.80 bits per heavy atom. The van der Waals surface area contributed by atoms with Gasteiger partial charge in [0.15, 0.2) is 21.3 Å². The number of rotatable bonds is 2. The van der Waals surface area contributed by atoms with Gasteiger partial charge in [-0.3, -0.25) is 0 Å². The SMILES string of the molecule is CS(=O)(=O)c1ccc2[nH]c(=O)n3nc(CO)nc3c2c1. The fourth-order valence-corrected chi connectivity index (χ4v) is 2.60. The Balaban J connectivity index is 2.49. The van der Waals surface area contributed by atoms with E-state index in [4.69, 9.17) is 5.11 Å².